The Balaban J connectivity index is 2.60. The minimum absolute atomic E-state index is 0.0317. The Morgan fingerprint density at radius 2 is 1.54 bits per heavy atom. The Hall–Kier alpha value is -3.44. The van der Waals surface area contributed by atoms with Crippen molar-refractivity contribution in [2.24, 2.45) is 4.99 Å². The molecule has 1 aliphatic rings. The van der Waals surface area contributed by atoms with E-state index in [-0.39, 0.29) is 30.9 Å². The fourth-order valence-corrected chi connectivity index (χ4v) is 3.12. The van der Waals surface area contributed by atoms with Crippen LogP contribution in [0.25, 0.3) is 0 Å². The summed E-state index contributed by atoms with van der Waals surface area (Å²) in [5.41, 5.74) is -1.85. The molecule has 1 saturated heterocycles. The first kappa shape index (κ1) is 27.8. The van der Waals surface area contributed by atoms with Crippen molar-refractivity contribution in [3.05, 3.63) is 35.4 Å². The van der Waals surface area contributed by atoms with Crippen LogP contribution in [0.5, 0.6) is 0 Å². The third-order valence-corrected chi connectivity index (χ3v) is 4.49. The van der Waals surface area contributed by atoms with Crippen LogP contribution in [0, 0.1) is 11.6 Å². The van der Waals surface area contributed by atoms with Crippen molar-refractivity contribution in [2.75, 3.05) is 27.4 Å². The number of rotatable bonds is 2. The molecule has 0 aliphatic carbocycles. The maximum absolute atomic E-state index is 14.6. The van der Waals surface area contributed by atoms with Gasteiger partial charge in [-0.25, -0.2) is 28.1 Å². The van der Waals surface area contributed by atoms with Crippen LogP contribution in [0.4, 0.5) is 23.2 Å². The molecule has 0 unspecified atom stereocenters. The van der Waals surface area contributed by atoms with E-state index in [0.29, 0.717) is 6.07 Å². The van der Waals surface area contributed by atoms with Crippen LogP contribution in [0.15, 0.2) is 23.2 Å². The topological polar surface area (TPSA) is 95.0 Å². The number of amides is 4. The lowest BCUT2D eigenvalue weighted by Crippen LogP contribution is -2.60. The summed E-state index contributed by atoms with van der Waals surface area (Å²) >= 11 is 0. The van der Waals surface area contributed by atoms with Crippen molar-refractivity contribution in [1.29, 1.82) is 0 Å². The van der Waals surface area contributed by atoms with Gasteiger partial charge in [-0.15, -0.1) is 4.99 Å². The van der Waals surface area contributed by atoms with E-state index in [4.69, 9.17) is 9.47 Å². The number of urea groups is 1. The van der Waals surface area contributed by atoms with Gasteiger partial charge in [-0.05, 0) is 47.6 Å². The summed E-state index contributed by atoms with van der Waals surface area (Å²) < 4.78 is 38.8. The standard InChI is InChI=1S/C23H33F2N5O5/c1-22(2,3)34-19(31)26-18(29-13-27(7)20(32)28(8)14-29)30(21(33)35-23(4,5)6)12-15-9-10-16(24)11-17(15)25/h9-11H,12-14H2,1-8H3. The lowest BCUT2D eigenvalue weighted by Gasteiger charge is -2.42. The second kappa shape index (κ2) is 10.4. The molecule has 4 amide bonds. The number of carbonyl (C=O) groups excluding carboxylic acids is 3. The zero-order valence-corrected chi connectivity index (χ0v) is 21.4. The fraction of sp³-hybridized carbons (Fsp3) is 0.565. The normalized spacial score (nSPS) is 15.3. The first-order valence-electron chi connectivity index (χ1n) is 10.9. The molecule has 35 heavy (non-hydrogen) atoms. The molecule has 0 N–H and O–H groups in total. The average Bonchev–Trinajstić information content (AvgIpc) is 2.67. The monoisotopic (exact) mass is 497 g/mol. The molecule has 1 aromatic carbocycles. The summed E-state index contributed by atoms with van der Waals surface area (Å²) in [4.78, 5) is 47.4. The fourth-order valence-electron chi connectivity index (χ4n) is 3.12. The highest BCUT2D eigenvalue weighted by atomic mass is 19.1. The molecule has 0 spiro atoms. The van der Waals surface area contributed by atoms with E-state index in [2.05, 4.69) is 4.99 Å². The maximum atomic E-state index is 14.6. The summed E-state index contributed by atoms with van der Waals surface area (Å²) in [6.07, 6.45) is -1.92. The van der Waals surface area contributed by atoms with Crippen LogP contribution in [-0.4, -0.2) is 82.4 Å². The van der Waals surface area contributed by atoms with Gasteiger partial charge in [0.2, 0.25) is 5.96 Å². The lowest BCUT2D eigenvalue weighted by molar-refractivity contribution is 0.0299. The lowest BCUT2D eigenvalue weighted by atomic mass is 10.2. The Labute approximate surface area is 204 Å². The first-order valence-corrected chi connectivity index (χ1v) is 10.9. The van der Waals surface area contributed by atoms with E-state index >= 15 is 0 Å². The Kier molecular flexibility index (Phi) is 8.30. The van der Waals surface area contributed by atoms with Gasteiger partial charge in [-0.3, -0.25) is 0 Å². The highest BCUT2D eigenvalue weighted by molar-refractivity contribution is 5.99. The molecule has 1 aromatic rings. The first-order chi connectivity index (χ1) is 16.0. The molecule has 0 bridgehead atoms. The summed E-state index contributed by atoms with van der Waals surface area (Å²) in [7, 11) is 3.07. The van der Waals surface area contributed by atoms with E-state index in [9.17, 15) is 23.2 Å². The highest BCUT2D eigenvalue weighted by Crippen LogP contribution is 2.20. The largest absolute Gasteiger partial charge is 0.443 e. The van der Waals surface area contributed by atoms with Crippen LogP contribution in [0.1, 0.15) is 47.1 Å². The van der Waals surface area contributed by atoms with Gasteiger partial charge in [0, 0.05) is 25.7 Å². The van der Waals surface area contributed by atoms with Gasteiger partial charge in [0.1, 0.15) is 22.8 Å². The van der Waals surface area contributed by atoms with Gasteiger partial charge in [0.15, 0.2) is 0 Å². The van der Waals surface area contributed by atoms with E-state index in [1.807, 2.05) is 0 Å². The Morgan fingerprint density at radius 1 is 1.00 bits per heavy atom. The predicted molar refractivity (Wildman–Crippen MR) is 124 cm³/mol. The zero-order valence-electron chi connectivity index (χ0n) is 21.4. The summed E-state index contributed by atoms with van der Waals surface area (Å²) in [5, 5.41) is 0. The smallest absolute Gasteiger partial charge is 0.437 e. The molecular formula is C23H33F2N5O5. The van der Waals surface area contributed by atoms with Gasteiger partial charge in [0.05, 0.1) is 19.9 Å². The summed E-state index contributed by atoms with van der Waals surface area (Å²) in [5.74, 6) is -1.89. The second-order valence-electron chi connectivity index (χ2n) is 10.2. The third kappa shape index (κ3) is 8.08. The third-order valence-electron chi connectivity index (χ3n) is 4.49. The summed E-state index contributed by atoms with van der Waals surface area (Å²) in [6.45, 7) is 9.41. The average molecular weight is 498 g/mol. The van der Waals surface area contributed by atoms with Gasteiger partial charge < -0.3 is 24.2 Å². The number of hydrogen-bond donors (Lipinski definition) is 0. The van der Waals surface area contributed by atoms with Crippen molar-refractivity contribution >= 4 is 24.2 Å². The molecule has 2 rings (SSSR count). The quantitative estimate of drug-likeness (QED) is 0.449. The minimum atomic E-state index is -0.997. The van der Waals surface area contributed by atoms with E-state index in [1.165, 1.54) is 34.9 Å². The maximum Gasteiger partial charge on any atom is 0.437 e. The van der Waals surface area contributed by atoms with E-state index in [0.717, 1.165) is 11.0 Å². The summed E-state index contributed by atoms with van der Waals surface area (Å²) in [6, 6.07) is 2.64. The molecule has 0 aromatic heterocycles. The molecule has 1 heterocycles. The molecule has 1 aliphatic heterocycles. The van der Waals surface area contributed by atoms with Gasteiger partial charge in [-0.2, -0.15) is 0 Å². The Morgan fingerprint density at radius 3 is 2.03 bits per heavy atom. The molecule has 0 radical (unpaired) electrons. The number of aliphatic imine (C=N–C) groups is 1. The second-order valence-corrected chi connectivity index (χ2v) is 10.2. The molecule has 1 fully saturated rings. The van der Waals surface area contributed by atoms with E-state index < -0.39 is 41.6 Å². The van der Waals surface area contributed by atoms with Gasteiger partial charge in [-0.1, -0.05) is 6.07 Å². The van der Waals surface area contributed by atoms with Crippen molar-refractivity contribution in [3.63, 3.8) is 0 Å². The van der Waals surface area contributed by atoms with Crippen LogP contribution < -0.4 is 0 Å². The van der Waals surface area contributed by atoms with Crippen LogP contribution >= 0.6 is 0 Å². The van der Waals surface area contributed by atoms with Crippen LogP contribution in [-0.2, 0) is 16.0 Å². The number of hydrogen-bond acceptors (Lipinski definition) is 5. The molecule has 12 heteroatoms. The van der Waals surface area contributed by atoms with Crippen LogP contribution in [0.3, 0.4) is 0 Å². The van der Waals surface area contributed by atoms with E-state index in [1.54, 1.807) is 41.5 Å². The van der Waals surface area contributed by atoms with Crippen molar-refractivity contribution in [2.45, 2.75) is 59.3 Å². The molecule has 194 valence electrons. The van der Waals surface area contributed by atoms with Crippen molar-refractivity contribution < 1.29 is 32.6 Å². The predicted octanol–water partition coefficient (Wildman–Crippen LogP) is 4.21. The molecular weight excluding hydrogens is 464 g/mol. The number of halogens is 2. The minimum Gasteiger partial charge on any atom is -0.443 e. The van der Waals surface area contributed by atoms with Gasteiger partial charge in [0.25, 0.3) is 0 Å². The zero-order chi connectivity index (χ0) is 26.7. The van der Waals surface area contributed by atoms with Crippen LogP contribution in [0.2, 0.25) is 0 Å². The van der Waals surface area contributed by atoms with Crippen molar-refractivity contribution in [3.8, 4) is 0 Å². The SMILES string of the molecule is CN1CN(C(=NC(=O)OC(C)(C)C)N(Cc2ccc(F)cc2F)C(=O)OC(C)(C)C)CN(C)C1=O. The number of nitrogens with zero attached hydrogens (tertiary/aromatic N) is 5. The molecule has 0 saturated carbocycles. The molecule has 10 nitrogen and oxygen atoms in total. The van der Waals surface area contributed by atoms with Crippen molar-refractivity contribution in [1.82, 2.24) is 19.6 Å². The van der Waals surface area contributed by atoms with Gasteiger partial charge >= 0.3 is 18.2 Å². The highest BCUT2D eigenvalue weighted by Gasteiger charge is 2.35. The number of guanidine groups is 1. The molecule has 0 atom stereocenters. The number of carbonyl (C=O) groups is 3. The number of ether oxygens (including phenoxy) is 2. The number of benzene rings is 1. The Bertz CT molecular complexity index is 989.